The first-order valence-electron chi connectivity index (χ1n) is 5.49. The van der Waals surface area contributed by atoms with Crippen LogP contribution in [0.25, 0.3) is 0 Å². The number of β-amino-alcohol motifs (C(OH)–C–C–N with tert-alkyl or cyclic N) is 1. The standard InChI is InChI=1S/C11H16ClN3O/c12-11-2-1-10(9-13-11)15-5-3-14(4-6-15)7-8-16/h1-2,9,16H,3-8H2. The molecule has 0 saturated carbocycles. The molecular formula is C11H16ClN3O. The van der Waals surface area contributed by atoms with E-state index in [1.165, 1.54) is 0 Å². The Morgan fingerprint density at radius 3 is 2.56 bits per heavy atom. The number of hydrogen-bond acceptors (Lipinski definition) is 4. The van der Waals surface area contributed by atoms with Gasteiger partial charge in [0.2, 0.25) is 0 Å². The van der Waals surface area contributed by atoms with Crippen molar-refractivity contribution in [3.05, 3.63) is 23.5 Å². The van der Waals surface area contributed by atoms with Crippen molar-refractivity contribution in [3.63, 3.8) is 0 Å². The number of anilines is 1. The van der Waals surface area contributed by atoms with Crippen molar-refractivity contribution in [1.82, 2.24) is 9.88 Å². The quantitative estimate of drug-likeness (QED) is 0.797. The Morgan fingerprint density at radius 1 is 1.25 bits per heavy atom. The van der Waals surface area contributed by atoms with Gasteiger partial charge in [-0.25, -0.2) is 4.98 Å². The molecule has 1 aliphatic rings. The van der Waals surface area contributed by atoms with Crippen molar-refractivity contribution < 1.29 is 5.11 Å². The molecule has 0 radical (unpaired) electrons. The smallest absolute Gasteiger partial charge is 0.129 e. The van der Waals surface area contributed by atoms with Crippen LogP contribution in [0.4, 0.5) is 5.69 Å². The summed E-state index contributed by atoms with van der Waals surface area (Å²) in [6.45, 7) is 4.94. The van der Waals surface area contributed by atoms with E-state index < -0.39 is 0 Å². The molecule has 16 heavy (non-hydrogen) atoms. The topological polar surface area (TPSA) is 39.6 Å². The molecule has 1 fully saturated rings. The molecular weight excluding hydrogens is 226 g/mol. The lowest BCUT2D eigenvalue weighted by Gasteiger charge is -2.35. The van der Waals surface area contributed by atoms with E-state index in [4.69, 9.17) is 16.7 Å². The van der Waals surface area contributed by atoms with E-state index >= 15 is 0 Å². The van der Waals surface area contributed by atoms with Crippen LogP contribution in [0.1, 0.15) is 0 Å². The van der Waals surface area contributed by atoms with Crippen LogP contribution in [0, 0.1) is 0 Å². The van der Waals surface area contributed by atoms with Crippen LogP contribution >= 0.6 is 11.6 Å². The Morgan fingerprint density at radius 2 is 2.00 bits per heavy atom. The lowest BCUT2D eigenvalue weighted by Crippen LogP contribution is -2.47. The van der Waals surface area contributed by atoms with Gasteiger partial charge >= 0.3 is 0 Å². The van der Waals surface area contributed by atoms with Gasteiger partial charge in [0.25, 0.3) is 0 Å². The molecule has 88 valence electrons. The average molecular weight is 242 g/mol. The molecule has 0 unspecified atom stereocenters. The van der Waals surface area contributed by atoms with Crippen LogP contribution in [-0.2, 0) is 0 Å². The fourth-order valence-corrected chi connectivity index (χ4v) is 2.04. The van der Waals surface area contributed by atoms with Gasteiger partial charge in [-0.05, 0) is 12.1 Å². The van der Waals surface area contributed by atoms with E-state index in [0.717, 1.165) is 38.4 Å². The minimum Gasteiger partial charge on any atom is -0.395 e. The normalized spacial score (nSPS) is 17.8. The molecule has 1 aromatic heterocycles. The summed E-state index contributed by atoms with van der Waals surface area (Å²) in [5.74, 6) is 0. The number of nitrogens with zero attached hydrogens (tertiary/aromatic N) is 3. The van der Waals surface area contributed by atoms with Crippen molar-refractivity contribution in [3.8, 4) is 0 Å². The Bertz CT molecular complexity index is 323. The number of aliphatic hydroxyl groups is 1. The SMILES string of the molecule is OCCN1CCN(c2ccc(Cl)nc2)CC1. The molecule has 0 amide bonds. The van der Waals surface area contributed by atoms with Gasteiger partial charge in [0, 0.05) is 32.7 Å². The van der Waals surface area contributed by atoms with Gasteiger partial charge in [0.05, 0.1) is 18.5 Å². The lowest BCUT2D eigenvalue weighted by molar-refractivity contribution is 0.189. The summed E-state index contributed by atoms with van der Waals surface area (Å²) in [7, 11) is 0. The highest BCUT2D eigenvalue weighted by atomic mass is 35.5. The Hall–Kier alpha value is -0.840. The van der Waals surface area contributed by atoms with E-state index in [1.807, 2.05) is 18.3 Å². The summed E-state index contributed by atoms with van der Waals surface area (Å²) in [6, 6.07) is 3.81. The number of piperazine rings is 1. The number of aliphatic hydroxyl groups excluding tert-OH is 1. The first kappa shape index (κ1) is 11.6. The zero-order valence-electron chi connectivity index (χ0n) is 9.14. The Balaban J connectivity index is 1.91. The second-order valence-electron chi connectivity index (χ2n) is 3.89. The summed E-state index contributed by atoms with van der Waals surface area (Å²) in [5.41, 5.74) is 1.12. The van der Waals surface area contributed by atoms with Gasteiger partial charge in [-0.1, -0.05) is 11.6 Å². The Labute approximate surface area is 100 Å². The van der Waals surface area contributed by atoms with E-state index in [2.05, 4.69) is 14.8 Å². The van der Waals surface area contributed by atoms with Gasteiger partial charge < -0.3 is 10.0 Å². The van der Waals surface area contributed by atoms with Crippen LogP contribution in [0.2, 0.25) is 5.15 Å². The van der Waals surface area contributed by atoms with E-state index in [0.29, 0.717) is 5.15 Å². The fourth-order valence-electron chi connectivity index (χ4n) is 1.93. The Kier molecular flexibility index (Phi) is 3.98. The summed E-state index contributed by atoms with van der Waals surface area (Å²) in [6.07, 6.45) is 1.81. The van der Waals surface area contributed by atoms with E-state index in [9.17, 15) is 0 Å². The van der Waals surface area contributed by atoms with Crippen molar-refractivity contribution in [1.29, 1.82) is 0 Å². The van der Waals surface area contributed by atoms with E-state index in [1.54, 1.807) is 0 Å². The second-order valence-corrected chi connectivity index (χ2v) is 4.28. The van der Waals surface area contributed by atoms with Gasteiger partial charge in [-0.2, -0.15) is 0 Å². The molecule has 1 N–H and O–H groups in total. The third-order valence-electron chi connectivity index (χ3n) is 2.87. The van der Waals surface area contributed by atoms with Gasteiger partial charge in [-0.15, -0.1) is 0 Å². The third-order valence-corrected chi connectivity index (χ3v) is 3.09. The van der Waals surface area contributed by atoms with Gasteiger partial charge in [0.15, 0.2) is 0 Å². The lowest BCUT2D eigenvalue weighted by atomic mass is 10.3. The zero-order chi connectivity index (χ0) is 11.4. The molecule has 0 spiro atoms. The second kappa shape index (κ2) is 5.48. The van der Waals surface area contributed by atoms with Crippen LogP contribution in [0.5, 0.6) is 0 Å². The molecule has 5 heteroatoms. The number of hydrogen-bond donors (Lipinski definition) is 1. The minimum atomic E-state index is 0.239. The molecule has 2 rings (SSSR count). The van der Waals surface area contributed by atoms with Crippen molar-refractivity contribution in [2.75, 3.05) is 44.2 Å². The first-order valence-corrected chi connectivity index (χ1v) is 5.87. The maximum atomic E-state index is 8.85. The van der Waals surface area contributed by atoms with Crippen LogP contribution in [0.15, 0.2) is 18.3 Å². The summed E-state index contributed by atoms with van der Waals surface area (Å²) < 4.78 is 0. The highest BCUT2D eigenvalue weighted by Gasteiger charge is 2.16. The first-order chi connectivity index (χ1) is 7.79. The molecule has 0 bridgehead atoms. The largest absolute Gasteiger partial charge is 0.395 e. The van der Waals surface area contributed by atoms with Crippen LogP contribution in [0.3, 0.4) is 0 Å². The molecule has 1 aromatic rings. The third kappa shape index (κ3) is 2.84. The maximum Gasteiger partial charge on any atom is 0.129 e. The number of aromatic nitrogens is 1. The average Bonchev–Trinajstić information content (AvgIpc) is 2.32. The maximum absolute atomic E-state index is 8.85. The molecule has 4 nitrogen and oxygen atoms in total. The van der Waals surface area contributed by atoms with Crippen molar-refractivity contribution >= 4 is 17.3 Å². The minimum absolute atomic E-state index is 0.239. The molecule has 0 aromatic carbocycles. The number of halogens is 1. The highest BCUT2D eigenvalue weighted by Crippen LogP contribution is 2.16. The highest BCUT2D eigenvalue weighted by molar-refractivity contribution is 6.29. The summed E-state index contributed by atoms with van der Waals surface area (Å²) in [4.78, 5) is 8.63. The number of rotatable bonds is 3. The molecule has 1 saturated heterocycles. The van der Waals surface area contributed by atoms with Crippen LogP contribution in [-0.4, -0.2) is 54.3 Å². The fraction of sp³-hybridized carbons (Fsp3) is 0.545. The predicted molar refractivity (Wildman–Crippen MR) is 65.0 cm³/mol. The predicted octanol–water partition coefficient (Wildman–Crippen LogP) is 0.849. The summed E-state index contributed by atoms with van der Waals surface area (Å²) >= 11 is 5.75. The van der Waals surface area contributed by atoms with E-state index in [-0.39, 0.29) is 6.61 Å². The molecule has 1 aliphatic heterocycles. The van der Waals surface area contributed by atoms with Gasteiger partial charge in [-0.3, -0.25) is 4.90 Å². The zero-order valence-corrected chi connectivity index (χ0v) is 9.90. The molecule has 0 atom stereocenters. The number of pyridine rings is 1. The molecule has 0 aliphatic carbocycles. The van der Waals surface area contributed by atoms with Crippen molar-refractivity contribution in [2.24, 2.45) is 0 Å². The summed E-state index contributed by atoms with van der Waals surface area (Å²) in [5, 5.41) is 9.38. The monoisotopic (exact) mass is 241 g/mol. The molecule has 2 heterocycles. The van der Waals surface area contributed by atoms with Gasteiger partial charge in [0.1, 0.15) is 5.15 Å². The van der Waals surface area contributed by atoms with Crippen molar-refractivity contribution in [2.45, 2.75) is 0 Å². The van der Waals surface area contributed by atoms with Crippen LogP contribution < -0.4 is 4.90 Å².